The summed E-state index contributed by atoms with van der Waals surface area (Å²) in [6.45, 7) is 3.76. The predicted octanol–water partition coefficient (Wildman–Crippen LogP) is -1.38. The van der Waals surface area contributed by atoms with E-state index in [0.29, 0.717) is 0 Å². The van der Waals surface area contributed by atoms with Gasteiger partial charge in [0.25, 0.3) is 0 Å². The zero-order valence-electron chi connectivity index (χ0n) is 7.63. The molecule has 13 heavy (non-hydrogen) atoms. The Morgan fingerprint density at radius 3 is 2.46 bits per heavy atom. The first-order chi connectivity index (χ1) is 5.17. The molecule has 2 rings (SSSR count). The first kappa shape index (κ1) is 13.1. The number of hydrogen-bond donors (Lipinski definition) is 0. The van der Waals surface area contributed by atoms with Crippen molar-refractivity contribution >= 4 is 23.1 Å². The smallest absolute Gasteiger partial charge is 1.00 e. The third-order valence-electron chi connectivity index (χ3n) is 1.50. The molecule has 1 aromatic rings. The van der Waals surface area contributed by atoms with E-state index in [9.17, 15) is 0 Å². The quantitative estimate of drug-likeness (QED) is 0.419. The fourth-order valence-electron chi connectivity index (χ4n) is 1.12. The minimum Gasteiger partial charge on any atom is -1.00 e. The molecule has 4 heteroatoms. The number of rotatable bonds is 0. The van der Waals surface area contributed by atoms with Crippen LogP contribution in [-0.2, 0) is 0 Å². The van der Waals surface area contributed by atoms with Gasteiger partial charge in [-0.1, -0.05) is 0 Å². The Labute approximate surface area is 105 Å². The maximum absolute atomic E-state index is 5.45. The Kier molecular flexibility index (Phi) is 4.55. The monoisotopic (exact) mass is 252 g/mol. The number of ether oxygens (including phenoxy) is 2. The van der Waals surface area contributed by atoms with Crippen molar-refractivity contribution in [2.45, 2.75) is 19.6 Å². The van der Waals surface area contributed by atoms with Crippen LogP contribution in [0.15, 0.2) is 18.2 Å². The minimum absolute atomic E-state index is 0. The van der Waals surface area contributed by atoms with Crippen molar-refractivity contribution in [2.75, 3.05) is 0 Å². The molecule has 0 aromatic heterocycles. The van der Waals surface area contributed by atoms with E-state index in [4.69, 9.17) is 9.47 Å². The minimum atomic E-state index is -0.516. The SMILES string of the molecule is CC1(C)Oc2c[c-]ccc2O1.[Br-].[Mg+2]. The summed E-state index contributed by atoms with van der Waals surface area (Å²) < 4.78 is 10.9. The number of benzene rings is 1. The molecule has 0 atom stereocenters. The van der Waals surface area contributed by atoms with E-state index < -0.39 is 5.79 Å². The average Bonchev–Trinajstić information content (AvgIpc) is 2.21. The van der Waals surface area contributed by atoms with Crippen molar-refractivity contribution in [3.8, 4) is 11.5 Å². The molecule has 0 saturated carbocycles. The summed E-state index contributed by atoms with van der Waals surface area (Å²) in [4.78, 5) is 0. The molecule has 66 valence electrons. The van der Waals surface area contributed by atoms with Gasteiger partial charge < -0.3 is 26.5 Å². The molecule has 1 aromatic carbocycles. The third kappa shape index (κ3) is 2.76. The van der Waals surface area contributed by atoms with Gasteiger partial charge in [-0.15, -0.1) is 12.1 Å². The summed E-state index contributed by atoms with van der Waals surface area (Å²) in [5.41, 5.74) is 0. The summed E-state index contributed by atoms with van der Waals surface area (Å²) in [7, 11) is 0. The third-order valence-corrected chi connectivity index (χ3v) is 1.50. The molecule has 2 nitrogen and oxygen atoms in total. The molecule has 0 saturated heterocycles. The zero-order valence-corrected chi connectivity index (χ0v) is 10.6. The fraction of sp³-hybridized carbons (Fsp3) is 0.333. The van der Waals surface area contributed by atoms with Gasteiger partial charge in [0.1, 0.15) is 0 Å². The molecule has 0 N–H and O–H groups in total. The standard InChI is InChI=1S/C9H9O2.BrH.Mg/c1-9(2)10-7-5-3-4-6-8(7)11-9;;/h3,5-6H,1-2H3;1H;/q-1;;+2/p-1. The average molecular weight is 253 g/mol. The van der Waals surface area contributed by atoms with Gasteiger partial charge in [-0.05, 0) is 0 Å². The van der Waals surface area contributed by atoms with E-state index in [-0.39, 0.29) is 40.0 Å². The molecule has 0 unspecified atom stereocenters. The van der Waals surface area contributed by atoms with Gasteiger partial charge in [-0.2, -0.15) is 12.1 Å². The van der Waals surface area contributed by atoms with Gasteiger partial charge in [0.05, 0.1) is 11.5 Å². The fourth-order valence-corrected chi connectivity index (χ4v) is 1.12. The molecular weight excluding hydrogens is 244 g/mol. The molecule has 0 amide bonds. The van der Waals surface area contributed by atoms with E-state index in [1.165, 1.54) is 0 Å². The van der Waals surface area contributed by atoms with Gasteiger partial charge in [0.15, 0.2) is 0 Å². The van der Waals surface area contributed by atoms with Gasteiger partial charge in [-0.3, -0.25) is 0 Å². The Morgan fingerprint density at radius 1 is 1.23 bits per heavy atom. The molecule has 0 aliphatic carbocycles. The normalized spacial score (nSPS) is 15.5. The summed E-state index contributed by atoms with van der Waals surface area (Å²) in [6.07, 6.45) is 0. The van der Waals surface area contributed by atoms with Crippen molar-refractivity contribution in [2.24, 2.45) is 0 Å². The molecule has 1 heterocycles. The number of fused-ring (bicyclic) bond motifs is 1. The summed E-state index contributed by atoms with van der Waals surface area (Å²) in [6, 6.07) is 8.37. The predicted molar refractivity (Wildman–Crippen MR) is 46.4 cm³/mol. The van der Waals surface area contributed by atoms with Gasteiger partial charge in [0.2, 0.25) is 5.79 Å². The second-order valence-corrected chi connectivity index (χ2v) is 2.98. The first-order valence-electron chi connectivity index (χ1n) is 3.55. The molecular formula is C9H9BrMgO2. The summed E-state index contributed by atoms with van der Waals surface area (Å²) in [5, 5.41) is 0. The van der Waals surface area contributed by atoms with Crippen LogP contribution in [-0.4, -0.2) is 28.8 Å². The van der Waals surface area contributed by atoms with Crippen molar-refractivity contribution in [3.63, 3.8) is 0 Å². The van der Waals surface area contributed by atoms with Crippen molar-refractivity contribution in [1.82, 2.24) is 0 Å². The van der Waals surface area contributed by atoms with E-state index in [0.717, 1.165) is 11.5 Å². The van der Waals surface area contributed by atoms with E-state index in [1.807, 2.05) is 26.0 Å². The Balaban J connectivity index is 0.000000720. The van der Waals surface area contributed by atoms with Gasteiger partial charge in [-0.25, -0.2) is 0 Å². The van der Waals surface area contributed by atoms with Crippen LogP contribution < -0.4 is 26.5 Å². The van der Waals surface area contributed by atoms with Crippen LogP contribution >= 0.6 is 0 Å². The largest absolute Gasteiger partial charge is 2.00 e. The maximum Gasteiger partial charge on any atom is 2.00 e. The molecule has 0 radical (unpaired) electrons. The summed E-state index contributed by atoms with van der Waals surface area (Å²) in [5.74, 6) is 1.06. The Hall–Kier alpha value is 0.0662. The van der Waals surface area contributed by atoms with Crippen LogP contribution in [0, 0.1) is 6.07 Å². The maximum atomic E-state index is 5.45. The molecule has 0 fully saturated rings. The van der Waals surface area contributed by atoms with Crippen LogP contribution in [0.3, 0.4) is 0 Å². The van der Waals surface area contributed by atoms with Crippen LogP contribution in [0.5, 0.6) is 11.5 Å². The number of halogens is 1. The molecule has 1 aliphatic heterocycles. The molecule has 0 spiro atoms. The van der Waals surface area contributed by atoms with E-state index in [2.05, 4.69) is 6.07 Å². The second-order valence-electron chi connectivity index (χ2n) is 2.98. The first-order valence-corrected chi connectivity index (χ1v) is 3.55. The van der Waals surface area contributed by atoms with Crippen LogP contribution in [0.2, 0.25) is 0 Å². The topological polar surface area (TPSA) is 18.5 Å². The van der Waals surface area contributed by atoms with Crippen LogP contribution in [0.1, 0.15) is 13.8 Å². The van der Waals surface area contributed by atoms with Gasteiger partial charge >= 0.3 is 23.1 Å². The van der Waals surface area contributed by atoms with Crippen molar-refractivity contribution in [1.29, 1.82) is 0 Å². The van der Waals surface area contributed by atoms with Gasteiger partial charge in [0, 0.05) is 13.8 Å². The van der Waals surface area contributed by atoms with E-state index >= 15 is 0 Å². The number of hydrogen-bond acceptors (Lipinski definition) is 2. The van der Waals surface area contributed by atoms with E-state index in [1.54, 1.807) is 6.07 Å². The molecule has 1 aliphatic rings. The Bertz CT molecular complexity index is 262. The van der Waals surface area contributed by atoms with Crippen molar-refractivity contribution in [3.05, 3.63) is 24.3 Å². The van der Waals surface area contributed by atoms with Crippen LogP contribution in [0.4, 0.5) is 0 Å². The second kappa shape index (κ2) is 4.53. The Morgan fingerprint density at radius 2 is 1.85 bits per heavy atom. The van der Waals surface area contributed by atoms with Crippen molar-refractivity contribution < 1.29 is 26.5 Å². The molecule has 0 bridgehead atoms. The summed E-state index contributed by atoms with van der Waals surface area (Å²) >= 11 is 0. The zero-order chi connectivity index (χ0) is 7.90. The van der Waals surface area contributed by atoms with Crippen LogP contribution in [0.25, 0.3) is 0 Å².